The number of aliphatic imine (C=N–C) groups is 1. The summed E-state index contributed by atoms with van der Waals surface area (Å²) in [4.78, 5) is 9.17. The molecule has 1 aliphatic rings. The Morgan fingerprint density at radius 1 is 1.28 bits per heavy atom. The Morgan fingerprint density at radius 3 is 2.56 bits per heavy atom. The van der Waals surface area contributed by atoms with Gasteiger partial charge < -0.3 is 15.1 Å². The largest absolute Gasteiger partial charge is 0.356 e. The summed E-state index contributed by atoms with van der Waals surface area (Å²) in [6, 6.07) is 10.8. The smallest absolute Gasteiger partial charge is 0.193 e. The minimum absolute atomic E-state index is 0. The Labute approximate surface area is 171 Å². The van der Waals surface area contributed by atoms with Crippen molar-refractivity contribution in [1.29, 1.82) is 0 Å². The first kappa shape index (κ1) is 22.2. The summed E-state index contributed by atoms with van der Waals surface area (Å²) >= 11 is 0. The van der Waals surface area contributed by atoms with Gasteiger partial charge in [0.05, 0.1) is 0 Å². The third-order valence-corrected chi connectivity index (χ3v) is 4.63. The second kappa shape index (κ2) is 10.4. The molecule has 0 amide bonds. The standard InChI is InChI=1S/C20H34N4.HI/c1-20(2,16-23(4)5)15-22-19(21-3)24-12-11-18(14-24)13-17-9-7-6-8-10-17;/h6-10,18H,11-16H2,1-5H3,(H,21,22);1H. The van der Waals surface area contributed by atoms with Crippen LogP contribution in [0.2, 0.25) is 0 Å². The Hall–Kier alpha value is -0.820. The van der Waals surface area contributed by atoms with Crippen LogP contribution in [-0.4, -0.2) is 63.1 Å². The monoisotopic (exact) mass is 458 g/mol. The number of nitrogens with zero attached hydrogens (tertiary/aromatic N) is 3. The molecule has 1 aliphatic heterocycles. The summed E-state index contributed by atoms with van der Waals surface area (Å²) in [6.07, 6.45) is 2.41. The zero-order valence-electron chi connectivity index (χ0n) is 16.5. The predicted molar refractivity (Wildman–Crippen MR) is 119 cm³/mol. The summed E-state index contributed by atoms with van der Waals surface area (Å²) in [5.74, 6) is 1.78. The average Bonchev–Trinajstić information content (AvgIpc) is 2.96. The SMILES string of the molecule is CN=C(NCC(C)(C)CN(C)C)N1CCC(Cc2ccccc2)C1.I. The highest BCUT2D eigenvalue weighted by atomic mass is 127. The first-order valence-corrected chi connectivity index (χ1v) is 9.04. The average molecular weight is 458 g/mol. The molecule has 0 radical (unpaired) electrons. The summed E-state index contributed by atoms with van der Waals surface area (Å²) in [7, 11) is 6.16. The van der Waals surface area contributed by atoms with Crippen LogP contribution in [-0.2, 0) is 6.42 Å². The molecule has 1 atom stereocenters. The number of nitrogens with one attached hydrogen (secondary N) is 1. The predicted octanol–water partition coefficient (Wildman–Crippen LogP) is 3.33. The van der Waals surface area contributed by atoms with E-state index in [9.17, 15) is 0 Å². The van der Waals surface area contributed by atoms with Crippen LogP contribution >= 0.6 is 24.0 Å². The van der Waals surface area contributed by atoms with Crippen LogP contribution in [0.3, 0.4) is 0 Å². The van der Waals surface area contributed by atoms with Gasteiger partial charge in [-0.05, 0) is 43.8 Å². The fourth-order valence-electron chi connectivity index (χ4n) is 3.70. The topological polar surface area (TPSA) is 30.9 Å². The van der Waals surface area contributed by atoms with E-state index in [0.717, 1.165) is 38.1 Å². The molecular formula is C20H35IN4. The molecule has 0 spiro atoms. The molecule has 5 heteroatoms. The van der Waals surface area contributed by atoms with Gasteiger partial charge in [-0.15, -0.1) is 24.0 Å². The molecule has 4 nitrogen and oxygen atoms in total. The molecule has 1 aromatic carbocycles. The number of rotatable bonds is 6. The van der Waals surface area contributed by atoms with Gasteiger partial charge in [-0.25, -0.2) is 0 Å². The number of hydrogen-bond donors (Lipinski definition) is 1. The van der Waals surface area contributed by atoms with E-state index in [-0.39, 0.29) is 29.4 Å². The van der Waals surface area contributed by atoms with Gasteiger partial charge in [0.15, 0.2) is 5.96 Å². The lowest BCUT2D eigenvalue weighted by Gasteiger charge is -2.31. The summed E-state index contributed by atoms with van der Waals surface area (Å²) in [6.45, 7) is 8.81. The van der Waals surface area contributed by atoms with Crippen LogP contribution in [0.4, 0.5) is 0 Å². The Morgan fingerprint density at radius 2 is 1.96 bits per heavy atom. The minimum Gasteiger partial charge on any atom is -0.356 e. The van der Waals surface area contributed by atoms with Gasteiger partial charge in [0, 0.05) is 33.2 Å². The number of guanidine groups is 1. The molecule has 1 fully saturated rings. The van der Waals surface area contributed by atoms with Crippen molar-refractivity contribution in [2.75, 3.05) is 47.3 Å². The van der Waals surface area contributed by atoms with Crippen molar-refractivity contribution in [3.63, 3.8) is 0 Å². The van der Waals surface area contributed by atoms with E-state index in [1.54, 1.807) is 0 Å². The van der Waals surface area contributed by atoms with E-state index in [4.69, 9.17) is 0 Å². The highest BCUT2D eigenvalue weighted by Crippen LogP contribution is 2.21. The van der Waals surface area contributed by atoms with Gasteiger partial charge in [-0.1, -0.05) is 44.2 Å². The zero-order valence-corrected chi connectivity index (χ0v) is 18.8. The summed E-state index contributed by atoms with van der Waals surface area (Å²) in [5, 5.41) is 3.59. The van der Waals surface area contributed by atoms with Gasteiger partial charge in [-0.2, -0.15) is 0 Å². The van der Waals surface area contributed by atoms with Crippen LogP contribution in [0.25, 0.3) is 0 Å². The first-order chi connectivity index (χ1) is 11.4. The van der Waals surface area contributed by atoms with E-state index in [0.29, 0.717) is 0 Å². The van der Waals surface area contributed by atoms with Crippen LogP contribution < -0.4 is 5.32 Å². The fraction of sp³-hybridized carbons (Fsp3) is 0.650. The van der Waals surface area contributed by atoms with Crippen LogP contribution in [0.15, 0.2) is 35.3 Å². The third kappa shape index (κ3) is 7.52. The van der Waals surface area contributed by atoms with Crippen LogP contribution in [0, 0.1) is 11.3 Å². The Bertz CT molecular complexity index is 528. The minimum atomic E-state index is 0. The van der Waals surface area contributed by atoms with Gasteiger partial charge in [-0.3, -0.25) is 4.99 Å². The van der Waals surface area contributed by atoms with Crippen molar-refractivity contribution < 1.29 is 0 Å². The van der Waals surface area contributed by atoms with E-state index in [1.807, 2.05) is 7.05 Å². The Balaban J connectivity index is 0.00000312. The molecule has 1 aromatic rings. The Kier molecular flexibility index (Phi) is 9.21. The van der Waals surface area contributed by atoms with Gasteiger partial charge >= 0.3 is 0 Å². The van der Waals surface area contributed by atoms with E-state index >= 15 is 0 Å². The maximum absolute atomic E-state index is 4.51. The lowest BCUT2D eigenvalue weighted by atomic mass is 9.93. The number of hydrogen-bond acceptors (Lipinski definition) is 2. The molecule has 2 rings (SSSR count). The molecule has 0 aromatic heterocycles. The van der Waals surface area contributed by atoms with Crippen molar-refractivity contribution >= 4 is 29.9 Å². The normalized spacial score (nSPS) is 18.4. The van der Waals surface area contributed by atoms with Crippen molar-refractivity contribution in [2.24, 2.45) is 16.3 Å². The summed E-state index contributed by atoms with van der Waals surface area (Å²) in [5.41, 5.74) is 1.67. The molecule has 1 N–H and O–H groups in total. The molecule has 1 heterocycles. The van der Waals surface area contributed by atoms with Crippen LogP contribution in [0.1, 0.15) is 25.8 Å². The maximum Gasteiger partial charge on any atom is 0.193 e. The molecular weight excluding hydrogens is 423 g/mol. The lowest BCUT2D eigenvalue weighted by molar-refractivity contribution is 0.239. The van der Waals surface area contributed by atoms with Gasteiger partial charge in [0.1, 0.15) is 0 Å². The second-order valence-corrected chi connectivity index (χ2v) is 8.09. The quantitative estimate of drug-likeness (QED) is 0.403. The van der Waals surface area contributed by atoms with Crippen LogP contribution in [0.5, 0.6) is 0 Å². The highest BCUT2D eigenvalue weighted by molar-refractivity contribution is 14.0. The second-order valence-electron chi connectivity index (χ2n) is 8.09. The van der Waals surface area contributed by atoms with Gasteiger partial charge in [0.2, 0.25) is 0 Å². The van der Waals surface area contributed by atoms with Crippen molar-refractivity contribution in [1.82, 2.24) is 15.1 Å². The fourth-order valence-corrected chi connectivity index (χ4v) is 3.70. The molecule has 0 aliphatic carbocycles. The van der Waals surface area contributed by atoms with Crippen molar-refractivity contribution in [2.45, 2.75) is 26.7 Å². The highest BCUT2D eigenvalue weighted by Gasteiger charge is 2.26. The lowest BCUT2D eigenvalue weighted by Crippen LogP contribution is -2.46. The third-order valence-electron chi connectivity index (χ3n) is 4.63. The van der Waals surface area contributed by atoms with E-state index in [1.165, 1.54) is 18.4 Å². The molecule has 25 heavy (non-hydrogen) atoms. The van der Waals surface area contributed by atoms with Crippen molar-refractivity contribution in [3.8, 4) is 0 Å². The summed E-state index contributed by atoms with van der Waals surface area (Å²) < 4.78 is 0. The zero-order chi connectivity index (χ0) is 17.6. The molecule has 142 valence electrons. The molecule has 1 saturated heterocycles. The van der Waals surface area contributed by atoms with Crippen molar-refractivity contribution in [3.05, 3.63) is 35.9 Å². The molecule has 1 unspecified atom stereocenters. The maximum atomic E-state index is 4.51. The molecule has 0 bridgehead atoms. The number of likely N-dealkylation sites (tertiary alicyclic amines) is 1. The number of benzene rings is 1. The number of halogens is 1. The van der Waals surface area contributed by atoms with E-state index in [2.05, 4.69) is 78.4 Å². The molecule has 0 saturated carbocycles. The first-order valence-electron chi connectivity index (χ1n) is 9.04. The van der Waals surface area contributed by atoms with Gasteiger partial charge in [0.25, 0.3) is 0 Å². The van der Waals surface area contributed by atoms with E-state index < -0.39 is 0 Å².